The molecule has 1 fully saturated rings. The second-order valence-electron chi connectivity index (χ2n) is 5.41. The molecule has 1 heterocycles. The molecule has 1 atom stereocenters. The standard InChI is InChI=1S/C16H26ClN3/c1-4-18-13(3)14-6-7-16(15(17)12-14)20-10-8-19(5-2)9-11-20/h6-7,12-13,18H,4-5,8-11H2,1-3H3. The SMILES string of the molecule is CCNC(C)c1ccc(N2CCN(CC)CC2)c(Cl)c1. The Morgan fingerprint density at radius 2 is 1.90 bits per heavy atom. The lowest BCUT2D eigenvalue weighted by atomic mass is 10.1. The van der Waals surface area contributed by atoms with Gasteiger partial charge in [0.15, 0.2) is 0 Å². The van der Waals surface area contributed by atoms with Crippen molar-refractivity contribution in [2.75, 3.05) is 44.2 Å². The van der Waals surface area contributed by atoms with Crippen LogP contribution in [-0.4, -0.2) is 44.2 Å². The third kappa shape index (κ3) is 3.66. The van der Waals surface area contributed by atoms with Gasteiger partial charge < -0.3 is 15.1 Å². The molecule has 4 heteroatoms. The molecular weight excluding hydrogens is 270 g/mol. The summed E-state index contributed by atoms with van der Waals surface area (Å²) in [6.45, 7) is 13.0. The van der Waals surface area contributed by atoms with Crippen LogP contribution < -0.4 is 10.2 Å². The van der Waals surface area contributed by atoms with Crippen molar-refractivity contribution >= 4 is 17.3 Å². The summed E-state index contributed by atoms with van der Waals surface area (Å²) >= 11 is 6.49. The maximum atomic E-state index is 6.49. The quantitative estimate of drug-likeness (QED) is 0.900. The van der Waals surface area contributed by atoms with Gasteiger partial charge in [0, 0.05) is 32.2 Å². The van der Waals surface area contributed by atoms with Crippen LogP contribution in [0.3, 0.4) is 0 Å². The molecule has 0 aromatic heterocycles. The predicted octanol–water partition coefficient (Wildman–Crippen LogP) is 3.15. The molecule has 0 spiro atoms. The molecule has 1 saturated heterocycles. The lowest BCUT2D eigenvalue weighted by Crippen LogP contribution is -2.46. The maximum absolute atomic E-state index is 6.49. The second-order valence-corrected chi connectivity index (χ2v) is 5.82. The Hall–Kier alpha value is -0.770. The van der Waals surface area contributed by atoms with Gasteiger partial charge in [0.1, 0.15) is 0 Å². The number of hydrogen-bond donors (Lipinski definition) is 1. The van der Waals surface area contributed by atoms with E-state index in [0.29, 0.717) is 6.04 Å². The molecule has 0 saturated carbocycles. The van der Waals surface area contributed by atoms with Crippen LogP contribution in [0.4, 0.5) is 5.69 Å². The summed E-state index contributed by atoms with van der Waals surface area (Å²) in [5.74, 6) is 0. The van der Waals surface area contributed by atoms with Crippen molar-refractivity contribution in [3.05, 3.63) is 28.8 Å². The third-order valence-electron chi connectivity index (χ3n) is 4.14. The van der Waals surface area contributed by atoms with E-state index in [9.17, 15) is 0 Å². The van der Waals surface area contributed by atoms with E-state index in [0.717, 1.165) is 44.3 Å². The van der Waals surface area contributed by atoms with E-state index < -0.39 is 0 Å². The first-order chi connectivity index (χ1) is 9.65. The molecule has 0 amide bonds. The minimum absolute atomic E-state index is 0.350. The zero-order valence-electron chi connectivity index (χ0n) is 12.8. The topological polar surface area (TPSA) is 18.5 Å². The first-order valence-corrected chi connectivity index (χ1v) is 8.03. The van der Waals surface area contributed by atoms with E-state index in [2.05, 4.69) is 54.1 Å². The normalized spacial score (nSPS) is 18.3. The summed E-state index contributed by atoms with van der Waals surface area (Å²) in [5, 5.41) is 4.29. The summed E-state index contributed by atoms with van der Waals surface area (Å²) in [6.07, 6.45) is 0. The van der Waals surface area contributed by atoms with Gasteiger partial charge in [-0.1, -0.05) is 31.5 Å². The Kier molecular flexibility index (Phi) is 5.70. The molecule has 1 unspecified atom stereocenters. The van der Waals surface area contributed by atoms with Crippen molar-refractivity contribution in [2.24, 2.45) is 0 Å². The molecular formula is C16H26ClN3. The fraction of sp³-hybridized carbons (Fsp3) is 0.625. The van der Waals surface area contributed by atoms with Gasteiger partial charge in [0.2, 0.25) is 0 Å². The van der Waals surface area contributed by atoms with Gasteiger partial charge in [0.25, 0.3) is 0 Å². The molecule has 0 radical (unpaired) electrons. The Morgan fingerprint density at radius 3 is 2.45 bits per heavy atom. The van der Waals surface area contributed by atoms with Gasteiger partial charge in [-0.25, -0.2) is 0 Å². The van der Waals surface area contributed by atoms with Crippen molar-refractivity contribution in [2.45, 2.75) is 26.8 Å². The first-order valence-electron chi connectivity index (χ1n) is 7.65. The molecule has 1 aliphatic heterocycles. The van der Waals surface area contributed by atoms with Crippen LogP contribution in [0.25, 0.3) is 0 Å². The van der Waals surface area contributed by atoms with E-state index in [1.165, 1.54) is 11.3 Å². The lowest BCUT2D eigenvalue weighted by molar-refractivity contribution is 0.271. The average Bonchev–Trinajstić information content (AvgIpc) is 2.47. The van der Waals surface area contributed by atoms with Gasteiger partial charge in [-0.15, -0.1) is 0 Å². The summed E-state index contributed by atoms with van der Waals surface area (Å²) in [7, 11) is 0. The molecule has 112 valence electrons. The highest BCUT2D eigenvalue weighted by atomic mass is 35.5. The Morgan fingerprint density at radius 1 is 1.20 bits per heavy atom. The van der Waals surface area contributed by atoms with Crippen molar-refractivity contribution in [3.8, 4) is 0 Å². The number of nitrogens with zero attached hydrogens (tertiary/aromatic N) is 2. The van der Waals surface area contributed by atoms with Crippen molar-refractivity contribution < 1.29 is 0 Å². The number of halogens is 1. The highest BCUT2D eigenvalue weighted by molar-refractivity contribution is 6.33. The van der Waals surface area contributed by atoms with Crippen molar-refractivity contribution in [1.82, 2.24) is 10.2 Å². The third-order valence-corrected chi connectivity index (χ3v) is 4.44. The summed E-state index contributed by atoms with van der Waals surface area (Å²) in [5.41, 5.74) is 2.43. The molecule has 20 heavy (non-hydrogen) atoms. The van der Waals surface area contributed by atoms with Crippen LogP contribution in [0.5, 0.6) is 0 Å². The molecule has 1 aliphatic rings. The fourth-order valence-corrected chi connectivity index (χ4v) is 3.09. The smallest absolute Gasteiger partial charge is 0.0642 e. The molecule has 0 bridgehead atoms. The average molecular weight is 296 g/mol. The second kappa shape index (κ2) is 7.30. The Labute approximate surface area is 127 Å². The van der Waals surface area contributed by atoms with E-state index in [-0.39, 0.29) is 0 Å². The van der Waals surface area contributed by atoms with Crippen LogP contribution in [0.15, 0.2) is 18.2 Å². The first kappa shape index (κ1) is 15.6. The Balaban J connectivity index is 2.06. The van der Waals surface area contributed by atoms with Crippen LogP contribution in [0.1, 0.15) is 32.4 Å². The van der Waals surface area contributed by atoms with Crippen LogP contribution in [0.2, 0.25) is 5.02 Å². The monoisotopic (exact) mass is 295 g/mol. The lowest BCUT2D eigenvalue weighted by Gasteiger charge is -2.36. The van der Waals surface area contributed by atoms with Gasteiger partial charge in [-0.05, 0) is 37.7 Å². The fourth-order valence-electron chi connectivity index (χ4n) is 2.78. The van der Waals surface area contributed by atoms with Gasteiger partial charge in [0.05, 0.1) is 10.7 Å². The number of nitrogens with one attached hydrogen (secondary N) is 1. The van der Waals surface area contributed by atoms with Gasteiger partial charge in [-0.2, -0.15) is 0 Å². The molecule has 1 aromatic carbocycles. The van der Waals surface area contributed by atoms with Gasteiger partial charge in [-0.3, -0.25) is 0 Å². The van der Waals surface area contributed by atoms with Crippen molar-refractivity contribution in [3.63, 3.8) is 0 Å². The van der Waals surface area contributed by atoms with E-state index in [1.807, 2.05) is 0 Å². The van der Waals surface area contributed by atoms with E-state index in [1.54, 1.807) is 0 Å². The summed E-state index contributed by atoms with van der Waals surface area (Å²) < 4.78 is 0. The van der Waals surface area contributed by atoms with Crippen LogP contribution in [0, 0.1) is 0 Å². The van der Waals surface area contributed by atoms with Crippen molar-refractivity contribution in [1.29, 1.82) is 0 Å². The minimum atomic E-state index is 0.350. The van der Waals surface area contributed by atoms with E-state index in [4.69, 9.17) is 11.6 Å². The molecule has 2 rings (SSSR count). The number of likely N-dealkylation sites (N-methyl/N-ethyl adjacent to an activating group) is 1. The number of hydrogen-bond acceptors (Lipinski definition) is 3. The van der Waals surface area contributed by atoms with Gasteiger partial charge >= 0.3 is 0 Å². The zero-order valence-corrected chi connectivity index (χ0v) is 13.6. The molecule has 3 nitrogen and oxygen atoms in total. The summed E-state index contributed by atoms with van der Waals surface area (Å²) in [6, 6.07) is 6.83. The Bertz CT molecular complexity index is 428. The highest BCUT2D eigenvalue weighted by Crippen LogP contribution is 2.29. The minimum Gasteiger partial charge on any atom is -0.368 e. The number of piperazine rings is 1. The van der Waals surface area contributed by atoms with Crippen LogP contribution in [-0.2, 0) is 0 Å². The predicted molar refractivity (Wildman–Crippen MR) is 87.9 cm³/mol. The molecule has 0 aliphatic carbocycles. The molecule has 1 aromatic rings. The van der Waals surface area contributed by atoms with E-state index >= 15 is 0 Å². The largest absolute Gasteiger partial charge is 0.368 e. The number of anilines is 1. The maximum Gasteiger partial charge on any atom is 0.0642 e. The summed E-state index contributed by atoms with van der Waals surface area (Å²) in [4.78, 5) is 4.88. The van der Waals surface area contributed by atoms with Crippen LogP contribution >= 0.6 is 11.6 Å². The molecule has 1 N–H and O–H groups in total. The number of benzene rings is 1. The zero-order chi connectivity index (χ0) is 14.5. The highest BCUT2D eigenvalue weighted by Gasteiger charge is 2.18. The number of rotatable bonds is 5.